The summed E-state index contributed by atoms with van der Waals surface area (Å²) in [5, 5.41) is 0. The Bertz CT molecular complexity index is 525. The Labute approximate surface area is 107 Å². The first kappa shape index (κ1) is 15.8. The third-order valence-electron chi connectivity index (χ3n) is 2.35. The Balaban J connectivity index is 3.16. The first-order chi connectivity index (χ1) is 7.82. The standard InChI is InChI=1S/C6H15N3O6S3/c1-16(10,11)7-4-8(17(2,12)13)6-9(5-7)18(3,14)15/h4-6H2,1-3H3. The highest BCUT2D eigenvalue weighted by molar-refractivity contribution is 7.90. The van der Waals surface area contributed by atoms with E-state index in [2.05, 4.69) is 0 Å². The first-order valence-corrected chi connectivity index (χ1v) is 10.2. The zero-order chi connectivity index (χ0) is 14.4. The lowest BCUT2D eigenvalue weighted by atomic mass is 10.8. The number of nitrogens with zero attached hydrogens (tertiary/aromatic N) is 3. The maximum absolute atomic E-state index is 11.4. The van der Waals surface area contributed by atoms with E-state index in [0.29, 0.717) is 0 Å². The lowest BCUT2D eigenvalue weighted by molar-refractivity contribution is 0.129. The summed E-state index contributed by atoms with van der Waals surface area (Å²) in [6.07, 6.45) is 2.66. The van der Waals surface area contributed by atoms with Crippen LogP contribution < -0.4 is 0 Å². The number of rotatable bonds is 3. The highest BCUT2D eigenvalue weighted by Gasteiger charge is 2.36. The Hall–Kier alpha value is -0.270. The van der Waals surface area contributed by atoms with Crippen molar-refractivity contribution in [2.75, 3.05) is 38.8 Å². The van der Waals surface area contributed by atoms with Crippen LogP contribution in [0.4, 0.5) is 0 Å². The van der Waals surface area contributed by atoms with Gasteiger partial charge in [0.15, 0.2) is 0 Å². The van der Waals surface area contributed by atoms with E-state index < -0.39 is 30.1 Å². The summed E-state index contributed by atoms with van der Waals surface area (Å²) >= 11 is 0. The van der Waals surface area contributed by atoms with Crippen LogP contribution in [0.5, 0.6) is 0 Å². The molecule has 0 aromatic carbocycles. The maximum Gasteiger partial charge on any atom is 0.213 e. The van der Waals surface area contributed by atoms with Gasteiger partial charge >= 0.3 is 0 Å². The lowest BCUT2D eigenvalue weighted by Gasteiger charge is -2.38. The molecule has 0 aromatic rings. The molecule has 12 heteroatoms. The predicted molar refractivity (Wildman–Crippen MR) is 64.6 cm³/mol. The van der Waals surface area contributed by atoms with Crippen LogP contribution in [0.15, 0.2) is 0 Å². The topological polar surface area (TPSA) is 112 Å². The summed E-state index contributed by atoms with van der Waals surface area (Å²) < 4.78 is 70.8. The van der Waals surface area contributed by atoms with Crippen molar-refractivity contribution < 1.29 is 25.3 Å². The molecular weight excluding hydrogens is 306 g/mol. The Morgan fingerprint density at radius 2 is 0.722 bits per heavy atom. The molecule has 0 bridgehead atoms. The second kappa shape index (κ2) is 4.68. The van der Waals surface area contributed by atoms with Crippen LogP contribution in [0, 0.1) is 0 Å². The van der Waals surface area contributed by atoms with E-state index >= 15 is 0 Å². The van der Waals surface area contributed by atoms with Crippen LogP contribution >= 0.6 is 0 Å². The average molecular weight is 321 g/mol. The highest BCUT2D eigenvalue weighted by Crippen LogP contribution is 2.15. The van der Waals surface area contributed by atoms with Gasteiger partial charge in [-0.25, -0.2) is 25.3 Å². The number of sulfonamides is 3. The molecule has 9 nitrogen and oxygen atoms in total. The molecule has 1 saturated heterocycles. The second-order valence-corrected chi connectivity index (χ2v) is 10.0. The van der Waals surface area contributed by atoms with Gasteiger partial charge in [0.1, 0.15) is 0 Å². The zero-order valence-corrected chi connectivity index (χ0v) is 12.6. The first-order valence-electron chi connectivity index (χ1n) is 4.67. The molecule has 108 valence electrons. The summed E-state index contributed by atoms with van der Waals surface area (Å²) in [6, 6.07) is 0. The number of hydrogen-bond donors (Lipinski definition) is 0. The highest BCUT2D eigenvalue weighted by atomic mass is 32.2. The molecule has 0 atom stereocenters. The van der Waals surface area contributed by atoms with Gasteiger partial charge in [0.25, 0.3) is 0 Å². The van der Waals surface area contributed by atoms with Crippen molar-refractivity contribution in [1.29, 1.82) is 0 Å². The fourth-order valence-electron chi connectivity index (χ4n) is 1.29. The van der Waals surface area contributed by atoms with Crippen molar-refractivity contribution >= 4 is 30.1 Å². The molecule has 0 saturated carbocycles. The molecule has 18 heavy (non-hydrogen) atoms. The fourth-order valence-corrected chi connectivity index (χ4v) is 3.61. The van der Waals surface area contributed by atoms with Crippen molar-refractivity contribution in [2.45, 2.75) is 0 Å². The largest absolute Gasteiger partial charge is 0.213 e. The summed E-state index contributed by atoms with van der Waals surface area (Å²) in [6.45, 7) is -1.16. The smallest absolute Gasteiger partial charge is 0.212 e. The van der Waals surface area contributed by atoms with Crippen LogP contribution in [0.1, 0.15) is 0 Å². The molecule has 0 aromatic heterocycles. The molecule has 0 unspecified atom stereocenters. The third-order valence-corrected chi connectivity index (χ3v) is 5.86. The molecule has 1 aliphatic rings. The van der Waals surface area contributed by atoms with Crippen LogP contribution in [0.2, 0.25) is 0 Å². The molecular formula is C6H15N3O6S3. The van der Waals surface area contributed by atoms with Gasteiger partial charge < -0.3 is 0 Å². The lowest BCUT2D eigenvalue weighted by Crippen LogP contribution is -2.58. The molecule has 0 aliphatic carbocycles. The van der Waals surface area contributed by atoms with Crippen molar-refractivity contribution in [3.8, 4) is 0 Å². The Kier molecular flexibility index (Phi) is 4.11. The third kappa shape index (κ3) is 3.86. The van der Waals surface area contributed by atoms with E-state index in [-0.39, 0.29) is 20.0 Å². The molecule has 0 radical (unpaired) electrons. The SMILES string of the molecule is CS(=O)(=O)N1CN(S(C)(=O)=O)CN(S(C)(=O)=O)C1. The minimum atomic E-state index is -3.69. The van der Waals surface area contributed by atoms with Gasteiger partial charge in [0, 0.05) is 0 Å². The van der Waals surface area contributed by atoms with Crippen molar-refractivity contribution in [3.63, 3.8) is 0 Å². The van der Waals surface area contributed by atoms with E-state index in [4.69, 9.17) is 0 Å². The van der Waals surface area contributed by atoms with Crippen molar-refractivity contribution in [1.82, 2.24) is 12.9 Å². The van der Waals surface area contributed by atoms with Gasteiger partial charge in [-0.15, -0.1) is 0 Å². The van der Waals surface area contributed by atoms with Gasteiger partial charge in [-0.05, 0) is 0 Å². The van der Waals surface area contributed by atoms with Crippen molar-refractivity contribution in [2.24, 2.45) is 0 Å². The molecule has 1 heterocycles. The van der Waals surface area contributed by atoms with Gasteiger partial charge in [0.05, 0.1) is 38.8 Å². The normalized spacial score (nSPS) is 22.2. The average Bonchev–Trinajstić information content (AvgIpc) is 2.13. The second-order valence-electron chi connectivity index (χ2n) is 4.07. The van der Waals surface area contributed by atoms with Crippen LogP contribution in [0.25, 0.3) is 0 Å². The Morgan fingerprint density at radius 1 is 0.556 bits per heavy atom. The summed E-state index contributed by atoms with van der Waals surface area (Å²) in [5.74, 6) is 0. The van der Waals surface area contributed by atoms with Crippen LogP contribution in [-0.2, 0) is 30.1 Å². The van der Waals surface area contributed by atoms with Gasteiger partial charge in [0.2, 0.25) is 30.1 Å². The van der Waals surface area contributed by atoms with E-state index in [0.717, 1.165) is 31.7 Å². The van der Waals surface area contributed by atoms with E-state index in [9.17, 15) is 25.3 Å². The van der Waals surface area contributed by atoms with E-state index in [1.807, 2.05) is 0 Å². The van der Waals surface area contributed by atoms with Crippen LogP contribution in [0.3, 0.4) is 0 Å². The maximum atomic E-state index is 11.4. The zero-order valence-electron chi connectivity index (χ0n) is 10.1. The monoisotopic (exact) mass is 321 g/mol. The van der Waals surface area contributed by atoms with Crippen LogP contribution in [-0.4, -0.2) is 76.9 Å². The fraction of sp³-hybridized carbons (Fsp3) is 1.00. The quantitative estimate of drug-likeness (QED) is 0.575. The van der Waals surface area contributed by atoms with Gasteiger partial charge in [-0.3, -0.25) is 0 Å². The molecule has 1 fully saturated rings. The molecule has 0 amide bonds. The molecule has 0 N–H and O–H groups in total. The molecule has 0 spiro atoms. The molecule has 1 rings (SSSR count). The number of hydrogen-bond acceptors (Lipinski definition) is 6. The summed E-state index contributed by atoms with van der Waals surface area (Å²) in [7, 11) is -11.1. The van der Waals surface area contributed by atoms with Gasteiger partial charge in [-0.1, -0.05) is 0 Å². The van der Waals surface area contributed by atoms with E-state index in [1.54, 1.807) is 0 Å². The Morgan fingerprint density at radius 3 is 0.833 bits per heavy atom. The minimum Gasteiger partial charge on any atom is -0.212 e. The predicted octanol–water partition coefficient (Wildman–Crippen LogP) is -2.34. The summed E-state index contributed by atoms with van der Waals surface area (Å²) in [5.41, 5.74) is 0. The van der Waals surface area contributed by atoms with E-state index in [1.165, 1.54) is 0 Å². The minimum absolute atomic E-state index is 0.385. The molecule has 1 aliphatic heterocycles. The van der Waals surface area contributed by atoms with Crippen molar-refractivity contribution in [3.05, 3.63) is 0 Å². The van der Waals surface area contributed by atoms with Gasteiger partial charge in [-0.2, -0.15) is 12.9 Å². The summed E-state index contributed by atoms with van der Waals surface area (Å²) in [4.78, 5) is 0.